The molecule has 4 atom stereocenters. The van der Waals surface area contributed by atoms with Crippen LogP contribution in [0.2, 0.25) is 0 Å². The number of nitrogens with one attached hydrogen (secondary N) is 3. The molecule has 0 radical (unpaired) electrons. The van der Waals surface area contributed by atoms with Crippen molar-refractivity contribution in [3.8, 4) is 33.6 Å². The summed E-state index contributed by atoms with van der Waals surface area (Å²) >= 11 is 0. The van der Waals surface area contributed by atoms with Gasteiger partial charge >= 0.3 is 12.2 Å². The first kappa shape index (κ1) is 40.2. The Morgan fingerprint density at radius 3 is 2.02 bits per heavy atom. The van der Waals surface area contributed by atoms with Gasteiger partial charge in [-0.2, -0.15) is 0 Å². The number of hydrogen-bond acceptors (Lipinski definition) is 9. The summed E-state index contributed by atoms with van der Waals surface area (Å²) in [5.41, 5.74) is 6.43. The molecule has 304 valence electrons. The number of benzene rings is 3. The lowest BCUT2D eigenvalue weighted by Crippen LogP contribution is -2.51. The highest BCUT2D eigenvalue weighted by molar-refractivity contribution is 5.86. The molecule has 3 amide bonds. The van der Waals surface area contributed by atoms with Crippen molar-refractivity contribution in [1.82, 2.24) is 35.1 Å². The quantitative estimate of drug-likeness (QED) is 0.0888. The van der Waals surface area contributed by atoms with Crippen molar-refractivity contribution in [1.29, 1.82) is 0 Å². The van der Waals surface area contributed by atoms with Crippen LogP contribution in [0.5, 0.6) is 0 Å². The zero-order valence-electron chi connectivity index (χ0n) is 33.3. The van der Waals surface area contributed by atoms with E-state index in [1.54, 1.807) is 17.3 Å². The van der Waals surface area contributed by atoms with Crippen molar-refractivity contribution in [2.24, 2.45) is 5.92 Å². The molecule has 2 unspecified atom stereocenters. The van der Waals surface area contributed by atoms with E-state index in [2.05, 4.69) is 37.4 Å². The first-order valence-electron chi connectivity index (χ1n) is 19.9. The molecular formula is C44H51N7O7. The molecule has 0 saturated carbocycles. The summed E-state index contributed by atoms with van der Waals surface area (Å²) in [5.74, 6) is -0.525. The summed E-state index contributed by atoms with van der Waals surface area (Å²) in [6.07, 6.45) is 4.85. The number of nitrogens with zero attached hydrogens (tertiary/aromatic N) is 4. The minimum Gasteiger partial charge on any atom is -0.453 e. The fraction of sp³-hybridized carbons (Fsp3) is 0.386. The number of aliphatic hydroxyl groups is 1. The Morgan fingerprint density at radius 2 is 1.45 bits per heavy atom. The summed E-state index contributed by atoms with van der Waals surface area (Å²) in [5, 5.41) is 14.0. The van der Waals surface area contributed by atoms with Crippen LogP contribution < -0.4 is 5.32 Å². The van der Waals surface area contributed by atoms with Crippen molar-refractivity contribution < 1.29 is 33.7 Å². The number of methoxy groups -OCH3 is 1. The minimum absolute atomic E-state index is 0.0348. The monoisotopic (exact) mass is 789 g/mol. The average molecular weight is 790 g/mol. The van der Waals surface area contributed by atoms with E-state index in [1.165, 1.54) is 12.0 Å². The van der Waals surface area contributed by atoms with Gasteiger partial charge in [0, 0.05) is 19.6 Å². The van der Waals surface area contributed by atoms with Crippen molar-refractivity contribution >= 4 is 18.1 Å². The van der Waals surface area contributed by atoms with Crippen LogP contribution in [0.25, 0.3) is 33.6 Å². The van der Waals surface area contributed by atoms with E-state index in [0.29, 0.717) is 24.8 Å². The maximum atomic E-state index is 13.6. The molecule has 7 rings (SSSR count). The molecular weight excluding hydrogens is 739 g/mol. The topological polar surface area (TPSA) is 175 Å². The molecule has 14 nitrogen and oxygen atoms in total. The smallest absolute Gasteiger partial charge is 0.410 e. The fourth-order valence-corrected chi connectivity index (χ4v) is 7.67. The summed E-state index contributed by atoms with van der Waals surface area (Å²) < 4.78 is 16.2. The highest BCUT2D eigenvalue weighted by atomic mass is 16.6. The van der Waals surface area contributed by atoms with Gasteiger partial charge in [0.2, 0.25) is 5.91 Å². The predicted molar refractivity (Wildman–Crippen MR) is 217 cm³/mol. The van der Waals surface area contributed by atoms with Gasteiger partial charge in [-0.1, -0.05) is 99.6 Å². The first-order chi connectivity index (χ1) is 28.1. The van der Waals surface area contributed by atoms with E-state index in [1.807, 2.05) is 87.5 Å². The lowest BCUT2D eigenvalue weighted by atomic mass is 10.0. The second kappa shape index (κ2) is 17.7. The van der Waals surface area contributed by atoms with Crippen LogP contribution in [0.4, 0.5) is 9.59 Å². The minimum atomic E-state index is -1.52. The maximum Gasteiger partial charge on any atom is 0.410 e. The fourth-order valence-electron chi connectivity index (χ4n) is 7.67. The van der Waals surface area contributed by atoms with Crippen LogP contribution >= 0.6 is 0 Å². The lowest BCUT2D eigenvalue weighted by molar-refractivity contribution is -0.192. The number of alkyl carbamates (subject to hydrolysis) is 1. The maximum absolute atomic E-state index is 13.6. The standard InChI is InChI=1S/C44H51N7O7/c1-5-22-58-44(55)23-37(51(27-44)43(54)57-26-29-10-7-6-8-11-29)40-46-25-35(48-40)33-19-15-31(16-20-33)30-13-17-32(18-14-30)34-24-45-39(47-34)36-12-9-21-50(36)41(52)38(28(2)3)49-42(53)56-4/h6-8,10-11,13-20,24-25,28,36-38,55H,5,9,12,21-23,26-27H2,1-4H3,(H,45,47)(H,46,48)(H,49,53)/t36?,37-,38-,44?/m0/s1. The van der Waals surface area contributed by atoms with Crippen LogP contribution in [-0.4, -0.2) is 91.6 Å². The number of β-amino-alcohol motifs (C(OH)–C–C–N with tert-alkyl or cyclic N) is 1. The highest BCUT2D eigenvalue weighted by Crippen LogP contribution is 2.39. The molecule has 0 spiro atoms. The first-order valence-corrected chi connectivity index (χ1v) is 19.9. The van der Waals surface area contributed by atoms with Gasteiger partial charge in [-0.3, -0.25) is 9.69 Å². The van der Waals surface area contributed by atoms with Gasteiger partial charge in [-0.15, -0.1) is 0 Å². The van der Waals surface area contributed by atoms with Crippen LogP contribution in [0, 0.1) is 5.92 Å². The third-order valence-electron chi connectivity index (χ3n) is 10.8. The number of rotatable bonds is 13. The molecule has 0 aliphatic carbocycles. The molecule has 2 saturated heterocycles. The largest absolute Gasteiger partial charge is 0.453 e. The number of aromatic nitrogens is 4. The van der Waals surface area contributed by atoms with Crippen LogP contribution in [0.15, 0.2) is 91.3 Å². The second-order valence-electron chi connectivity index (χ2n) is 15.2. The molecule has 4 heterocycles. The molecule has 4 N–H and O–H groups in total. The Hall–Kier alpha value is -5.99. The van der Waals surface area contributed by atoms with Crippen LogP contribution in [0.3, 0.4) is 0 Å². The Morgan fingerprint density at radius 1 is 0.862 bits per heavy atom. The Balaban J connectivity index is 1.01. The lowest BCUT2D eigenvalue weighted by Gasteiger charge is -2.30. The number of imidazole rings is 2. The van der Waals surface area contributed by atoms with Crippen molar-refractivity contribution in [2.45, 2.75) is 77.0 Å². The van der Waals surface area contributed by atoms with Gasteiger partial charge in [0.05, 0.1) is 49.5 Å². The van der Waals surface area contributed by atoms with E-state index >= 15 is 0 Å². The van der Waals surface area contributed by atoms with Gasteiger partial charge in [0.1, 0.15) is 24.3 Å². The van der Waals surface area contributed by atoms with Gasteiger partial charge in [-0.25, -0.2) is 19.6 Å². The molecule has 0 bridgehead atoms. The summed E-state index contributed by atoms with van der Waals surface area (Å²) in [6, 6.07) is 24.3. The van der Waals surface area contributed by atoms with E-state index in [0.717, 1.165) is 58.5 Å². The van der Waals surface area contributed by atoms with E-state index < -0.39 is 30.1 Å². The summed E-state index contributed by atoms with van der Waals surface area (Å²) in [7, 11) is 1.29. The predicted octanol–water partition coefficient (Wildman–Crippen LogP) is 7.38. The van der Waals surface area contributed by atoms with Crippen LogP contribution in [-0.2, 0) is 25.6 Å². The molecule has 14 heteroatoms. The van der Waals surface area contributed by atoms with Crippen molar-refractivity contribution in [3.63, 3.8) is 0 Å². The van der Waals surface area contributed by atoms with Gasteiger partial charge in [0.15, 0.2) is 5.79 Å². The number of hydrogen-bond donors (Lipinski definition) is 4. The molecule has 58 heavy (non-hydrogen) atoms. The van der Waals surface area contributed by atoms with Gasteiger partial charge in [-0.05, 0) is 53.0 Å². The second-order valence-corrected chi connectivity index (χ2v) is 15.2. The number of H-pyrrole nitrogens is 2. The summed E-state index contributed by atoms with van der Waals surface area (Å²) in [6.45, 7) is 6.79. The number of aromatic amines is 2. The molecule has 5 aromatic rings. The van der Waals surface area contributed by atoms with Crippen molar-refractivity contribution in [2.75, 3.05) is 26.8 Å². The molecule has 3 aromatic carbocycles. The van der Waals surface area contributed by atoms with Gasteiger partial charge < -0.3 is 39.5 Å². The number of ether oxygens (including phenoxy) is 3. The molecule has 2 aromatic heterocycles. The molecule has 2 fully saturated rings. The normalized spacial score (nSPS) is 19.7. The Kier molecular flexibility index (Phi) is 12.2. The number of carbonyl (C=O) groups is 3. The SMILES string of the molecule is CCCOC1(O)C[C@@H](c2ncc(-c3ccc(-c4ccc(-c5cnc(C6CCCN6C(=O)[C@@H](NC(=O)OC)C(C)C)[nH]5)cc4)cc3)[nH]2)N(C(=O)OCc2ccccc2)C1. The van der Waals surface area contributed by atoms with Gasteiger partial charge in [0.25, 0.3) is 0 Å². The zero-order valence-corrected chi connectivity index (χ0v) is 33.3. The van der Waals surface area contributed by atoms with E-state index in [4.69, 9.17) is 14.2 Å². The number of amides is 3. The number of carbonyl (C=O) groups excluding carboxylic acids is 3. The third-order valence-corrected chi connectivity index (χ3v) is 10.8. The van der Waals surface area contributed by atoms with E-state index in [9.17, 15) is 19.5 Å². The summed E-state index contributed by atoms with van der Waals surface area (Å²) in [4.78, 5) is 58.3. The van der Waals surface area contributed by atoms with Crippen LogP contribution in [0.1, 0.15) is 75.8 Å². The van der Waals surface area contributed by atoms with E-state index in [-0.39, 0.29) is 37.4 Å². The Labute approximate surface area is 337 Å². The Bertz CT molecular complexity index is 2170. The number of likely N-dealkylation sites (tertiary alicyclic amines) is 2. The average Bonchev–Trinajstić information content (AvgIpc) is 4.08. The zero-order chi connectivity index (χ0) is 40.8. The third kappa shape index (κ3) is 8.93. The highest BCUT2D eigenvalue weighted by Gasteiger charge is 2.48. The molecule has 2 aliphatic rings. The molecule has 2 aliphatic heterocycles. The van der Waals surface area contributed by atoms with Crippen molar-refractivity contribution in [3.05, 3.63) is 108 Å².